The maximum Gasteiger partial charge on any atom is 0.335 e. The van der Waals surface area contributed by atoms with E-state index in [1.54, 1.807) is 49.7 Å². The molecule has 0 atom stereocenters. The van der Waals surface area contributed by atoms with Crippen molar-refractivity contribution in [1.82, 2.24) is 9.66 Å². The highest BCUT2D eigenvalue weighted by Gasteiger charge is 2.16. The van der Waals surface area contributed by atoms with Gasteiger partial charge < -0.3 is 14.6 Å². The van der Waals surface area contributed by atoms with E-state index in [1.165, 1.54) is 10.7 Å². The molecule has 0 amide bonds. The molecule has 0 aliphatic rings. The quantitative estimate of drug-likeness (QED) is 0.175. The molecule has 0 unspecified atom stereocenters. The molecular formula is C30H28BrN3O5. The number of allylic oxidation sites excluding steroid dienone is 1. The maximum absolute atomic E-state index is 13.4. The average molecular weight is 590 g/mol. The van der Waals surface area contributed by atoms with Crippen LogP contribution in [-0.4, -0.2) is 34.1 Å². The number of nitrogens with zero attached hydrogens (tertiary/aromatic N) is 3. The molecule has 4 aromatic rings. The largest absolute Gasteiger partial charge is 0.493 e. The molecule has 39 heavy (non-hydrogen) atoms. The first-order valence-corrected chi connectivity index (χ1v) is 13.0. The fraction of sp³-hybridized carbons (Fsp3) is 0.200. The Kier molecular flexibility index (Phi) is 8.61. The highest BCUT2D eigenvalue weighted by molar-refractivity contribution is 9.10. The Hall–Kier alpha value is -4.24. The van der Waals surface area contributed by atoms with Crippen molar-refractivity contribution in [1.29, 1.82) is 0 Å². The summed E-state index contributed by atoms with van der Waals surface area (Å²) in [4.78, 5) is 29.4. The molecule has 0 fully saturated rings. The fourth-order valence-electron chi connectivity index (χ4n) is 4.11. The van der Waals surface area contributed by atoms with Gasteiger partial charge in [-0.15, -0.1) is 6.58 Å². The van der Waals surface area contributed by atoms with Crippen molar-refractivity contribution in [2.24, 2.45) is 5.10 Å². The van der Waals surface area contributed by atoms with Crippen LogP contribution in [0.1, 0.15) is 52.6 Å². The molecule has 1 heterocycles. The smallest absolute Gasteiger partial charge is 0.335 e. The van der Waals surface area contributed by atoms with Crippen molar-refractivity contribution in [3.05, 3.63) is 110 Å². The number of aromatic carboxylic acids is 1. The lowest BCUT2D eigenvalue weighted by molar-refractivity contribution is 0.0696. The van der Waals surface area contributed by atoms with Crippen LogP contribution in [0.5, 0.6) is 11.5 Å². The second-order valence-electron chi connectivity index (χ2n) is 9.15. The summed E-state index contributed by atoms with van der Waals surface area (Å²) in [5.74, 6) is 0.506. The molecule has 0 aliphatic carbocycles. The van der Waals surface area contributed by atoms with Crippen molar-refractivity contribution in [2.75, 3.05) is 7.11 Å². The summed E-state index contributed by atoms with van der Waals surface area (Å²) < 4.78 is 13.8. The summed E-state index contributed by atoms with van der Waals surface area (Å²) in [5, 5.41) is 14.3. The predicted molar refractivity (Wildman–Crippen MR) is 155 cm³/mol. The molecule has 0 bridgehead atoms. The van der Waals surface area contributed by atoms with Crippen LogP contribution in [0.4, 0.5) is 0 Å². The molecule has 1 N–H and O–H groups in total. The number of ether oxygens (including phenoxy) is 2. The number of carboxylic acids is 1. The summed E-state index contributed by atoms with van der Waals surface area (Å²) in [7, 11) is 1.54. The fourth-order valence-corrected chi connectivity index (χ4v) is 4.47. The molecule has 0 aliphatic heterocycles. The van der Waals surface area contributed by atoms with Gasteiger partial charge in [-0.2, -0.15) is 9.78 Å². The van der Waals surface area contributed by atoms with Crippen LogP contribution >= 0.6 is 15.9 Å². The number of methoxy groups -OCH3 is 1. The Bertz CT molecular complexity index is 1640. The first kappa shape index (κ1) is 27.8. The van der Waals surface area contributed by atoms with E-state index >= 15 is 0 Å². The number of hydrogen-bond donors (Lipinski definition) is 1. The number of rotatable bonds is 10. The van der Waals surface area contributed by atoms with Crippen LogP contribution in [0.15, 0.2) is 81.6 Å². The van der Waals surface area contributed by atoms with Gasteiger partial charge in [0, 0.05) is 16.0 Å². The molecule has 0 spiro atoms. The number of carbonyl (C=O) groups is 1. The molecule has 200 valence electrons. The molecule has 0 saturated carbocycles. The first-order valence-electron chi connectivity index (χ1n) is 12.2. The van der Waals surface area contributed by atoms with Crippen molar-refractivity contribution < 1.29 is 19.4 Å². The summed E-state index contributed by atoms with van der Waals surface area (Å²) in [6.45, 7) is 7.92. The van der Waals surface area contributed by atoms with Crippen molar-refractivity contribution in [3.63, 3.8) is 0 Å². The van der Waals surface area contributed by atoms with Crippen molar-refractivity contribution in [2.45, 2.75) is 32.8 Å². The van der Waals surface area contributed by atoms with Crippen LogP contribution in [0.2, 0.25) is 0 Å². The number of fused-ring (bicyclic) bond motifs is 1. The topological polar surface area (TPSA) is 103 Å². The second-order valence-corrected chi connectivity index (χ2v) is 10.1. The standard InChI is InChI=1S/C30H28BrN3O5/c1-5-7-21-13-20(14-26(38-4)27(21)39-17-19-8-6-9-22(12-19)30(36)37)16-32-34-28(18(2)3)33-25-11-10-23(31)15-24(25)29(34)35/h5-6,8-16,18H,1,7,17H2,2-4H3,(H,36,37). The van der Waals surface area contributed by atoms with Gasteiger partial charge in [0.05, 0.1) is 29.8 Å². The second kappa shape index (κ2) is 12.1. The van der Waals surface area contributed by atoms with Crippen molar-refractivity contribution >= 4 is 39.0 Å². The van der Waals surface area contributed by atoms with E-state index in [9.17, 15) is 14.7 Å². The van der Waals surface area contributed by atoms with Crippen LogP contribution < -0.4 is 15.0 Å². The molecule has 4 rings (SSSR count). The lowest BCUT2D eigenvalue weighted by Gasteiger charge is -2.16. The summed E-state index contributed by atoms with van der Waals surface area (Å²) in [6, 6.07) is 15.6. The minimum Gasteiger partial charge on any atom is -0.493 e. The third-order valence-electron chi connectivity index (χ3n) is 5.97. The first-order chi connectivity index (χ1) is 18.7. The Labute approximate surface area is 234 Å². The van der Waals surface area contributed by atoms with Gasteiger partial charge in [-0.05, 0) is 60.0 Å². The van der Waals surface area contributed by atoms with Gasteiger partial charge in [-0.3, -0.25) is 4.79 Å². The van der Waals surface area contributed by atoms with E-state index in [-0.39, 0.29) is 23.6 Å². The molecule has 0 radical (unpaired) electrons. The van der Waals surface area contributed by atoms with Gasteiger partial charge in [-0.1, -0.05) is 48.0 Å². The summed E-state index contributed by atoms with van der Waals surface area (Å²) in [5.41, 5.74) is 2.75. The Morgan fingerprint density at radius 1 is 1.21 bits per heavy atom. The molecule has 3 aromatic carbocycles. The number of halogens is 1. The Balaban J connectivity index is 1.72. The van der Waals surface area contributed by atoms with Gasteiger partial charge in [0.1, 0.15) is 12.4 Å². The third-order valence-corrected chi connectivity index (χ3v) is 6.46. The van der Waals surface area contributed by atoms with Gasteiger partial charge >= 0.3 is 5.97 Å². The zero-order valence-corrected chi connectivity index (χ0v) is 23.4. The Morgan fingerprint density at radius 3 is 2.69 bits per heavy atom. The normalized spacial score (nSPS) is 11.3. The van der Waals surface area contributed by atoms with Crippen molar-refractivity contribution in [3.8, 4) is 11.5 Å². The van der Waals surface area contributed by atoms with E-state index in [0.717, 1.165) is 10.0 Å². The molecule has 0 saturated heterocycles. The molecule has 9 heteroatoms. The lowest BCUT2D eigenvalue weighted by Crippen LogP contribution is -2.23. The van der Waals surface area contributed by atoms with Crippen LogP contribution in [0.25, 0.3) is 10.9 Å². The minimum absolute atomic E-state index is 0.0378. The molecule has 8 nitrogen and oxygen atoms in total. The predicted octanol–water partition coefficient (Wildman–Crippen LogP) is 6.18. The number of benzene rings is 3. The third kappa shape index (κ3) is 6.26. The van der Waals surface area contributed by atoms with Gasteiger partial charge in [0.25, 0.3) is 5.56 Å². The number of hydrogen-bond acceptors (Lipinski definition) is 6. The maximum atomic E-state index is 13.4. The van der Waals surface area contributed by atoms with E-state index in [1.807, 2.05) is 32.0 Å². The molecular weight excluding hydrogens is 562 g/mol. The molecule has 1 aromatic heterocycles. The van der Waals surface area contributed by atoms with Gasteiger partial charge in [0.15, 0.2) is 11.5 Å². The van der Waals surface area contributed by atoms with E-state index in [4.69, 9.17) is 9.47 Å². The van der Waals surface area contributed by atoms with Gasteiger partial charge in [-0.25, -0.2) is 9.78 Å². The number of carboxylic acid groups (broad SMARTS) is 1. The van der Waals surface area contributed by atoms with E-state index in [0.29, 0.717) is 45.8 Å². The van der Waals surface area contributed by atoms with Crippen LogP contribution in [-0.2, 0) is 13.0 Å². The zero-order chi connectivity index (χ0) is 28.1. The summed E-state index contributed by atoms with van der Waals surface area (Å²) >= 11 is 3.42. The highest BCUT2D eigenvalue weighted by atomic mass is 79.9. The SMILES string of the molecule is C=CCc1cc(C=Nn2c(C(C)C)nc3ccc(Br)cc3c2=O)cc(OC)c1OCc1cccc(C(=O)O)c1. The number of aromatic nitrogens is 2. The summed E-state index contributed by atoms with van der Waals surface area (Å²) in [6.07, 6.45) is 3.83. The van der Waals surface area contributed by atoms with E-state index in [2.05, 4.69) is 32.6 Å². The lowest BCUT2D eigenvalue weighted by atomic mass is 10.1. The zero-order valence-electron chi connectivity index (χ0n) is 21.8. The minimum atomic E-state index is -1.00. The Morgan fingerprint density at radius 2 is 2.00 bits per heavy atom. The van der Waals surface area contributed by atoms with Crippen LogP contribution in [0.3, 0.4) is 0 Å². The van der Waals surface area contributed by atoms with Crippen LogP contribution in [0, 0.1) is 0 Å². The highest BCUT2D eigenvalue weighted by Crippen LogP contribution is 2.34. The monoisotopic (exact) mass is 589 g/mol. The van der Waals surface area contributed by atoms with E-state index < -0.39 is 5.97 Å². The van der Waals surface area contributed by atoms with Gasteiger partial charge in [0.2, 0.25) is 0 Å². The average Bonchev–Trinajstić information content (AvgIpc) is 2.92.